The molecular weight excluding hydrogens is 586 g/mol. The lowest BCUT2D eigenvalue weighted by Crippen LogP contribution is -2.39. The lowest BCUT2D eigenvalue weighted by Gasteiger charge is -2.22. The molecule has 13 nitrogen and oxygen atoms in total. The van der Waals surface area contributed by atoms with Gasteiger partial charge in [0.15, 0.2) is 5.82 Å². The maximum Gasteiger partial charge on any atom is 0.239 e. The van der Waals surface area contributed by atoms with Crippen molar-refractivity contribution in [2.75, 3.05) is 31.6 Å². The Hall–Kier alpha value is -4.94. The smallest absolute Gasteiger partial charge is 0.239 e. The first-order valence-corrected chi connectivity index (χ1v) is 16.0. The third-order valence-electron chi connectivity index (χ3n) is 8.16. The quantitative estimate of drug-likeness (QED) is 0.171. The second-order valence-corrected chi connectivity index (χ2v) is 11.7. The van der Waals surface area contributed by atoms with Gasteiger partial charge in [-0.1, -0.05) is 31.7 Å². The van der Waals surface area contributed by atoms with E-state index < -0.39 is 0 Å². The van der Waals surface area contributed by atoms with Crippen molar-refractivity contribution in [1.29, 1.82) is 0 Å². The van der Waals surface area contributed by atoms with E-state index in [-0.39, 0.29) is 42.5 Å². The van der Waals surface area contributed by atoms with Crippen LogP contribution < -0.4 is 21.3 Å². The molecule has 4 N–H and O–H groups in total. The predicted octanol–water partition coefficient (Wildman–Crippen LogP) is 3.93. The highest BCUT2D eigenvalue weighted by Gasteiger charge is 2.29. The minimum absolute atomic E-state index is 0.0209. The zero-order valence-electron chi connectivity index (χ0n) is 26.2. The third kappa shape index (κ3) is 9.05. The summed E-state index contributed by atoms with van der Waals surface area (Å²) in [6.07, 6.45) is 12.4. The van der Waals surface area contributed by atoms with Gasteiger partial charge in [0.05, 0.1) is 30.6 Å². The number of pyridine rings is 1. The van der Waals surface area contributed by atoms with Crippen molar-refractivity contribution in [3.63, 3.8) is 0 Å². The number of aryl methyl sites for hydroxylation is 1. The standard InChI is InChI=1S/C33H41N9O4/c1-22-27(26-10-11-30(43)40-33(26)46)15-24-8-9-25(16-28(24)39-22)37-19-32(45)36-13-7-5-3-2-4-6-12-35-31(44)14-23-17-34-18-29-41-38-21-42(29)20-23/h8-9,15-18,20,26,37H,2-7,10-14,19,21H2,1H3,(H,35,44)(H,36,45)(H,40,43,46). The molecule has 3 aliphatic heterocycles. The summed E-state index contributed by atoms with van der Waals surface area (Å²) in [5.74, 6) is -0.287. The molecule has 0 radical (unpaired) electrons. The summed E-state index contributed by atoms with van der Waals surface area (Å²) >= 11 is 0. The lowest BCUT2D eigenvalue weighted by molar-refractivity contribution is -0.134. The number of anilines is 1. The van der Waals surface area contributed by atoms with Gasteiger partial charge < -0.3 is 20.9 Å². The number of aromatic nitrogens is 1. The van der Waals surface area contributed by atoms with Gasteiger partial charge in [0.25, 0.3) is 0 Å². The number of rotatable bonds is 15. The molecule has 0 saturated carbocycles. The number of nitrogens with zero attached hydrogens (tertiary/aromatic N) is 5. The molecule has 13 heteroatoms. The Bertz CT molecular complexity index is 1600. The summed E-state index contributed by atoms with van der Waals surface area (Å²) in [6.45, 7) is 3.77. The molecule has 4 amide bonds. The largest absolute Gasteiger partial charge is 0.376 e. The maximum atomic E-state index is 12.4. The Labute approximate surface area is 268 Å². The van der Waals surface area contributed by atoms with E-state index in [2.05, 4.69) is 36.5 Å². The first kappa shape index (κ1) is 32.5. The monoisotopic (exact) mass is 627 g/mol. The maximum absolute atomic E-state index is 12.4. The highest BCUT2D eigenvalue weighted by molar-refractivity contribution is 6.01. The van der Waals surface area contributed by atoms with Gasteiger partial charge in [-0.05, 0) is 55.5 Å². The summed E-state index contributed by atoms with van der Waals surface area (Å²) in [7, 11) is 0. The average Bonchev–Trinajstić information content (AvgIpc) is 3.38. The normalized spacial score (nSPS) is 17.2. The van der Waals surface area contributed by atoms with Crippen molar-refractivity contribution < 1.29 is 19.2 Å². The van der Waals surface area contributed by atoms with E-state index in [9.17, 15) is 19.2 Å². The minimum atomic E-state index is -0.377. The number of azo groups is 1. The fourth-order valence-electron chi connectivity index (χ4n) is 5.67. The van der Waals surface area contributed by atoms with Gasteiger partial charge in [-0.15, -0.1) is 5.11 Å². The topological polar surface area (TPSA) is 170 Å². The van der Waals surface area contributed by atoms with Gasteiger partial charge in [-0.3, -0.25) is 34.5 Å². The van der Waals surface area contributed by atoms with Crippen LogP contribution in [0.4, 0.5) is 5.69 Å². The van der Waals surface area contributed by atoms with Crippen molar-refractivity contribution in [2.24, 2.45) is 15.2 Å². The van der Waals surface area contributed by atoms with Crippen LogP contribution in [0, 0.1) is 6.92 Å². The SMILES string of the molecule is Cc1nc2cc(NCC(=O)NCCCCCCCCNC(=O)CC3=CN4CN=NC4=CN=C3)ccc2cc1C1CCC(=O)NC1=O. The van der Waals surface area contributed by atoms with Crippen molar-refractivity contribution in [2.45, 2.75) is 70.6 Å². The molecule has 1 aromatic heterocycles. The van der Waals surface area contributed by atoms with Gasteiger partial charge in [0.1, 0.15) is 6.67 Å². The number of imide groups is 1. The number of hydrogen-bond acceptors (Lipinski definition) is 10. The second kappa shape index (κ2) is 15.9. The Kier molecular flexibility index (Phi) is 11.2. The van der Waals surface area contributed by atoms with Crippen LogP contribution in [0.1, 0.15) is 75.0 Å². The van der Waals surface area contributed by atoms with Crippen LogP contribution in [0.2, 0.25) is 0 Å². The Morgan fingerprint density at radius 1 is 1.00 bits per heavy atom. The van der Waals surface area contributed by atoms with Crippen LogP contribution in [0.15, 0.2) is 63.3 Å². The highest BCUT2D eigenvalue weighted by Crippen LogP contribution is 2.30. The Morgan fingerprint density at radius 2 is 1.76 bits per heavy atom. The molecule has 242 valence electrons. The summed E-state index contributed by atoms with van der Waals surface area (Å²) in [4.78, 5) is 59.2. The van der Waals surface area contributed by atoms with Gasteiger partial charge in [0, 0.05) is 48.7 Å². The first-order chi connectivity index (χ1) is 22.4. The van der Waals surface area contributed by atoms with Crippen LogP contribution in [-0.2, 0) is 19.2 Å². The van der Waals surface area contributed by atoms with E-state index in [1.165, 1.54) is 0 Å². The fraction of sp³-hybridized carbons (Fsp3) is 0.455. The summed E-state index contributed by atoms with van der Waals surface area (Å²) in [6, 6.07) is 7.68. The van der Waals surface area contributed by atoms with Crippen LogP contribution in [0.25, 0.3) is 10.9 Å². The Balaban J connectivity index is 0.904. The van der Waals surface area contributed by atoms with Crippen molar-refractivity contribution in [1.82, 2.24) is 25.8 Å². The van der Waals surface area contributed by atoms with Crippen LogP contribution in [-0.4, -0.2) is 66.0 Å². The molecule has 0 bridgehead atoms. The number of fused-ring (bicyclic) bond motifs is 2. The molecule has 1 saturated heterocycles. The number of nitrogens with one attached hydrogen (secondary N) is 4. The first-order valence-electron chi connectivity index (χ1n) is 16.0. The number of aliphatic imine (C=N–C) groups is 1. The van der Waals surface area contributed by atoms with E-state index in [1.807, 2.05) is 42.3 Å². The van der Waals surface area contributed by atoms with E-state index in [1.54, 1.807) is 12.4 Å². The van der Waals surface area contributed by atoms with Crippen LogP contribution >= 0.6 is 0 Å². The van der Waals surface area contributed by atoms with E-state index in [4.69, 9.17) is 4.98 Å². The second-order valence-electron chi connectivity index (χ2n) is 11.7. The number of carbonyl (C=O) groups is 4. The molecule has 5 rings (SSSR count). The molecule has 4 heterocycles. The minimum Gasteiger partial charge on any atom is -0.376 e. The van der Waals surface area contributed by atoms with Crippen LogP contribution in [0.3, 0.4) is 0 Å². The van der Waals surface area contributed by atoms with Gasteiger partial charge in [-0.25, -0.2) is 0 Å². The number of amides is 4. The highest BCUT2D eigenvalue weighted by atomic mass is 16.2. The van der Waals surface area contributed by atoms with Crippen molar-refractivity contribution in [3.8, 4) is 0 Å². The molecule has 3 aliphatic rings. The van der Waals surface area contributed by atoms with Crippen LogP contribution in [0.5, 0.6) is 0 Å². The number of carbonyl (C=O) groups excluding carboxylic acids is 4. The number of benzene rings is 1. The van der Waals surface area contributed by atoms with Crippen molar-refractivity contribution >= 4 is 46.4 Å². The molecule has 2 aromatic rings. The van der Waals surface area contributed by atoms with Gasteiger partial charge in [-0.2, -0.15) is 5.11 Å². The van der Waals surface area contributed by atoms with E-state index >= 15 is 0 Å². The molecular formula is C33H41N9O4. The summed E-state index contributed by atoms with van der Waals surface area (Å²) in [5.41, 5.74) is 3.98. The molecule has 46 heavy (non-hydrogen) atoms. The lowest BCUT2D eigenvalue weighted by atomic mass is 9.89. The Morgan fingerprint density at radius 3 is 2.54 bits per heavy atom. The summed E-state index contributed by atoms with van der Waals surface area (Å²) < 4.78 is 0. The van der Waals surface area contributed by atoms with Crippen molar-refractivity contribution in [3.05, 3.63) is 59.3 Å². The molecule has 1 aromatic carbocycles. The molecule has 0 aliphatic carbocycles. The van der Waals surface area contributed by atoms with Gasteiger partial charge in [0.2, 0.25) is 23.6 Å². The zero-order chi connectivity index (χ0) is 32.3. The van der Waals surface area contributed by atoms with E-state index in [0.717, 1.165) is 71.9 Å². The summed E-state index contributed by atoms with van der Waals surface area (Å²) in [5, 5.41) is 20.4. The fourth-order valence-corrected chi connectivity index (χ4v) is 5.67. The third-order valence-corrected chi connectivity index (χ3v) is 8.16. The molecule has 1 atom stereocenters. The number of hydrogen-bond donors (Lipinski definition) is 4. The number of piperidine rings is 1. The molecule has 1 unspecified atom stereocenters. The number of unbranched alkanes of at least 4 members (excludes halogenated alkanes) is 5. The van der Waals surface area contributed by atoms with E-state index in [0.29, 0.717) is 38.4 Å². The molecule has 1 fully saturated rings. The van der Waals surface area contributed by atoms with Gasteiger partial charge >= 0.3 is 0 Å². The predicted molar refractivity (Wildman–Crippen MR) is 175 cm³/mol. The molecule has 0 spiro atoms. The average molecular weight is 628 g/mol. The zero-order valence-corrected chi connectivity index (χ0v) is 26.2.